The van der Waals surface area contributed by atoms with Crippen molar-refractivity contribution in [3.8, 4) is 11.8 Å². The van der Waals surface area contributed by atoms with E-state index >= 15 is 0 Å². The van der Waals surface area contributed by atoms with Gasteiger partial charge in [0.1, 0.15) is 24.0 Å². The average Bonchev–Trinajstić information content (AvgIpc) is 2.95. The predicted octanol–water partition coefficient (Wildman–Crippen LogP) is 5.66. The molecule has 9 heteroatoms. The molecule has 0 atom stereocenters. The van der Waals surface area contributed by atoms with Gasteiger partial charge in [0.25, 0.3) is 11.6 Å². The minimum atomic E-state index is -0.632. The van der Waals surface area contributed by atoms with E-state index in [0.717, 1.165) is 10.8 Å². The summed E-state index contributed by atoms with van der Waals surface area (Å²) in [6.45, 7) is 0.123. The topological polar surface area (TPSA) is 132 Å². The number of nitro groups is 1. The molecule has 188 valence electrons. The number of rotatable bonds is 8. The minimum Gasteiger partial charge on any atom is -0.488 e. The monoisotopic (exact) mass is 507 g/mol. The SMILES string of the molecule is COC(=O)c1ccc(NC(=O)/C(C#N)=C/c2c(OCc3ccc([N+](=O)[O-])cc3)ccc3ccccc23)cc1. The largest absolute Gasteiger partial charge is 0.488 e. The molecule has 0 saturated carbocycles. The third kappa shape index (κ3) is 5.83. The fraction of sp³-hybridized carbons (Fsp3) is 0.0690. The van der Waals surface area contributed by atoms with Crippen LogP contribution in [0.25, 0.3) is 16.8 Å². The maximum atomic E-state index is 12.9. The van der Waals surface area contributed by atoms with Gasteiger partial charge in [0, 0.05) is 23.4 Å². The Balaban J connectivity index is 1.62. The summed E-state index contributed by atoms with van der Waals surface area (Å²) >= 11 is 0. The maximum Gasteiger partial charge on any atom is 0.337 e. The van der Waals surface area contributed by atoms with E-state index in [0.29, 0.717) is 28.1 Å². The number of ether oxygens (including phenoxy) is 2. The zero-order chi connectivity index (χ0) is 27.1. The molecule has 4 rings (SSSR count). The molecule has 1 amide bonds. The molecule has 38 heavy (non-hydrogen) atoms. The van der Waals surface area contributed by atoms with Crippen molar-refractivity contribution < 1.29 is 24.0 Å². The van der Waals surface area contributed by atoms with Gasteiger partial charge in [-0.1, -0.05) is 30.3 Å². The highest BCUT2D eigenvalue weighted by Crippen LogP contribution is 2.31. The van der Waals surface area contributed by atoms with Crippen molar-refractivity contribution >= 4 is 40.1 Å². The molecule has 0 aromatic heterocycles. The third-order valence-corrected chi connectivity index (χ3v) is 5.69. The van der Waals surface area contributed by atoms with Crippen LogP contribution < -0.4 is 10.1 Å². The fourth-order valence-electron chi connectivity index (χ4n) is 3.72. The van der Waals surface area contributed by atoms with Gasteiger partial charge < -0.3 is 14.8 Å². The number of nitriles is 1. The molecular weight excluding hydrogens is 486 g/mol. The Bertz CT molecular complexity index is 1590. The van der Waals surface area contributed by atoms with Crippen LogP contribution in [0, 0.1) is 21.4 Å². The van der Waals surface area contributed by atoms with Crippen molar-refractivity contribution in [3.05, 3.63) is 117 Å². The van der Waals surface area contributed by atoms with Gasteiger partial charge >= 0.3 is 5.97 Å². The molecule has 0 aliphatic carbocycles. The molecule has 0 aliphatic rings. The van der Waals surface area contributed by atoms with Crippen molar-refractivity contribution in [1.82, 2.24) is 0 Å². The molecule has 0 saturated heterocycles. The molecule has 0 fully saturated rings. The zero-order valence-electron chi connectivity index (χ0n) is 20.2. The first kappa shape index (κ1) is 25.6. The fourth-order valence-corrected chi connectivity index (χ4v) is 3.72. The van der Waals surface area contributed by atoms with Gasteiger partial charge in [0.2, 0.25) is 0 Å². The smallest absolute Gasteiger partial charge is 0.337 e. The lowest BCUT2D eigenvalue weighted by Gasteiger charge is -2.13. The number of non-ortho nitro benzene ring substituents is 1. The second-order valence-electron chi connectivity index (χ2n) is 8.10. The van der Waals surface area contributed by atoms with E-state index in [-0.39, 0.29) is 17.9 Å². The van der Waals surface area contributed by atoms with Gasteiger partial charge in [0.05, 0.1) is 17.6 Å². The minimum absolute atomic E-state index is 0.0207. The second kappa shape index (κ2) is 11.5. The number of hydrogen-bond donors (Lipinski definition) is 1. The Morgan fingerprint density at radius 3 is 2.37 bits per heavy atom. The molecule has 0 aliphatic heterocycles. The predicted molar refractivity (Wildman–Crippen MR) is 141 cm³/mol. The highest BCUT2D eigenvalue weighted by atomic mass is 16.6. The van der Waals surface area contributed by atoms with Crippen LogP contribution in [0.3, 0.4) is 0 Å². The van der Waals surface area contributed by atoms with E-state index in [9.17, 15) is 25.0 Å². The van der Waals surface area contributed by atoms with Gasteiger partial charge in [-0.05, 0) is 64.9 Å². The number of nitrogens with zero attached hydrogens (tertiary/aromatic N) is 2. The zero-order valence-corrected chi connectivity index (χ0v) is 20.2. The molecule has 0 radical (unpaired) electrons. The normalized spacial score (nSPS) is 10.9. The number of amides is 1. The number of methoxy groups -OCH3 is 1. The number of anilines is 1. The van der Waals surface area contributed by atoms with Gasteiger partial charge in [-0.25, -0.2) is 4.79 Å². The van der Waals surface area contributed by atoms with Crippen LogP contribution in [0.5, 0.6) is 5.75 Å². The second-order valence-corrected chi connectivity index (χ2v) is 8.10. The standard InChI is InChI=1S/C29H21N3O6/c1-37-29(34)21-8-11-23(12-9-21)31-28(33)22(17-30)16-26-25-5-3-2-4-20(25)10-15-27(26)38-18-19-6-13-24(14-7-19)32(35)36/h2-16H,18H2,1H3,(H,31,33)/b22-16+. The molecule has 4 aromatic rings. The Labute approximate surface area is 217 Å². The first-order valence-electron chi connectivity index (χ1n) is 11.4. The van der Waals surface area contributed by atoms with Crippen LogP contribution in [-0.2, 0) is 16.1 Å². The Morgan fingerprint density at radius 1 is 1.00 bits per heavy atom. The molecule has 0 bridgehead atoms. The number of carbonyl (C=O) groups excluding carboxylic acids is 2. The van der Waals surface area contributed by atoms with E-state index in [2.05, 4.69) is 10.1 Å². The van der Waals surface area contributed by atoms with Crippen LogP contribution in [0.15, 0.2) is 90.5 Å². The summed E-state index contributed by atoms with van der Waals surface area (Å²) in [7, 11) is 1.28. The Morgan fingerprint density at radius 2 is 1.71 bits per heavy atom. The van der Waals surface area contributed by atoms with E-state index in [4.69, 9.17) is 4.74 Å². The lowest BCUT2D eigenvalue weighted by atomic mass is 10.0. The van der Waals surface area contributed by atoms with Crippen molar-refractivity contribution in [1.29, 1.82) is 5.26 Å². The summed E-state index contributed by atoms with van der Waals surface area (Å²) < 4.78 is 10.7. The Kier molecular flexibility index (Phi) is 7.74. The number of nitro benzene ring substituents is 1. The summed E-state index contributed by atoms with van der Waals surface area (Å²) in [5.41, 5.74) is 1.81. The first-order valence-corrected chi connectivity index (χ1v) is 11.4. The summed E-state index contributed by atoms with van der Waals surface area (Å²) in [6.07, 6.45) is 1.46. The third-order valence-electron chi connectivity index (χ3n) is 5.69. The summed E-state index contributed by atoms with van der Waals surface area (Å²) in [5.74, 6) is -0.699. The van der Waals surface area contributed by atoms with Crippen LogP contribution in [0.1, 0.15) is 21.5 Å². The number of carbonyl (C=O) groups is 2. The van der Waals surface area contributed by atoms with Crippen molar-refractivity contribution in [2.24, 2.45) is 0 Å². The van der Waals surface area contributed by atoms with Crippen LogP contribution >= 0.6 is 0 Å². The van der Waals surface area contributed by atoms with Gasteiger partial charge in [-0.2, -0.15) is 5.26 Å². The van der Waals surface area contributed by atoms with Crippen molar-refractivity contribution in [2.45, 2.75) is 6.61 Å². The first-order chi connectivity index (χ1) is 18.4. The maximum absolute atomic E-state index is 12.9. The van der Waals surface area contributed by atoms with Crippen LogP contribution in [0.4, 0.5) is 11.4 Å². The molecule has 0 spiro atoms. The van der Waals surface area contributed by atoms with Gasteiger partial charge in [-0.3, -0.25) is 14.9 Å². The molecule has 0 heterocycles. The van der Waals surface area contributed by atoms with Crippen molar-refractivity contribution in [3.63, 3.8) is 0 Å². The number of benzene rings is 4. The van der Waals surface area contributed by atoms with Crippen LogP contribution in [0.2, 0.25) is 0 Å². The van der Waals surface area contributed by atoms with E-state index in [1.54, 1.807) is 18.2 Å². The number of fused-ring (bicyclic) bond motifs is 1. The lowest BCUT2D eigenvalue weighted by Crippen LogP contribution is -2.13. The molecule has 0 unspecified atom stereocenters. The van der Waals surface area contributed by atoms with E-state index in [1.807, 2.05) is 36.4 Å². The molecule has 9 nitrogen and oxygen atoms in total. The quantitative estimate of drug-likeness (QED) is 0.107. The average molecular weight is 508 g/mol. The van der Waals surface area contributed by atoms with E-state index < -0.39 is 16.8 Å². The summed E-state index contributed by atoms with van der Waals surface area (Å²) in [5, 5.41) is 25.0. The lowest BCUT2D eigenvalue weighted by molar-refractivity contribution is -0.384. The van der Waals surface area contributed by atoms with Crippen molar-refractivity contribution in [2.75, 3.05) is 12.4 Å². The van der Waals surface area contributed by atoms with Gasteiger partial charge in [-0.15, -0.1) is 0 Å². The number of hydrogen-bond acceptors (Lipinski definition) is 7. The van der Waals surface area contributed by atoms with Gasteiger partial charge in [0.15, 0.2) is 0 Å². The highest BCUT2D eigenvalue weighted by Gasteiger charge is 2.15. The molecule has 4 aromatic carbocycles. The van der Waals surface area contributed by atoms with E-state index in [1.165, 1.54) is 49.6 Å². The Hall–Kier alpha value is -5.49. The molecular formula is C29H21N3O6. The summed E-state index contributed by atoms with van der Waals surface area (Å²) in [4.78, 5) is 35.0. The van der Waals surface area contributed by atoms with Crippen LogP contribution in [-0.4, -0.2) is 23.9 Å². The summed E-state index contributed by atoms with van der Waals surface area (Å²) in [6, 6.07) is 25.1. The molecule has 1 N–H and O–H groups in total. The highest BCUT2D eigenvalue weighted by molar-refractivity contribution is 6.11. The number of esters is 1. The number of nitrogens with one attached hydrogen (secondary N) is 1.